The molecule has 2 fully saturated rings. The first-order chi connectivity index (χ1) is 23.5. The molecule has 3 rings (SSSR count). The number of hydrogen-bond donors (Lipinski definition) is 5. The van der Waals surface area contributed by atoms with Crippen LogP contribution < -0.4 is 5.32 Å². The summed E-state index contributed by atoms with van der Waals surface area (Å²) in [4.78, 5) is 39.0. The molecule has 3 unspecified atom stereocenters. The van der Waals surface area contributed by atoms with Gasteiger partial charge in [-0.1, -0.05) is 45.1 Å². The Morgan fingerprint density at radius 2 is 2.02 bits per heavy atom. The lowest BCUT2D eigenvalue weighted by molar-refractivity contribution is -0.151. The minimum Gasteiger partial charge on any atom is -0.481 e. The van der Waals surface area contributed by atoms with Gasteiger partial charge in [0.1, 0.15) is 11.7 Å². The van der Waals surface area contributed by atoms with Gasteiger partial charge in [0.25, 0.3) is 0 Å². The summed E-state index contributed by atoms with van der Waals surface area (Å²) in [6.45, 7) is 12.3. The quantitative estimate of drug-likeness (QED) is 0.0813. The van der Waals surface area contributed by atoms with Crippen molar-refractivity contribution in [3.63, 3.8) is 0 Å². The van der Waals surface area contributed by atoms with Crippen molar-refractivity contribution >= 4 is 18.0 Å². The third-order valence-corrected chi connectivity index (χ3v) is 10.3. The molecule has 0 aromatic heterocycles. The number of carboxylic acids is 1. The number of cyclic esters (lactones) is 1. The van der Waals surface area contributed by atoms with Gasteiger partial charge in [0.2, 0.25) is 0 Å². The van der Waals surface area contributed by atoms with E-state index in [4.69, 9.17) is 24.1 Å². The predicted octanol–water partition coefficient (Wildman–Crippen LogP) is 3.50. The number of allylic oxidation sites excluding steroid dienone is 2. The molecule has 3 heterocycles. The molecule has 3 aliphatic rings. The normalized spacial score (nSPS) is 34.4. The van der Waals surface area contributed by atoms with Crippen molar-refractivity contribution in [2.75, 3.05) is 26.7 Å². The van der Waals surface area contributed by atoms with Crippen LogP contribution in [0.25, 0.3) is 0 Å². The second-order valence-electron chi connectivity index (χ2n) is 14.7. The number of hydrogen-bond acceptors (Lipinski definition) is 11. The third kappa shape index (κ3) is 12.4. The lowest BCUT2D eigenvalue weighted by Crippen LogP contribution is -2.54. The number of aliphatic carboxylic acids is 1. The van der Waals surface area contributed by atoms with Crippen LogP contribution in [0.3, 0.4) is 0 Å². The Morgan fingerprint density at radius 3 is 2.68 bits per heavy atom. The highest BCUT2D eigenvalue weighted by molar-refractivity contribution is 5.70. The van der Waals surface area contributed by atoms with Crippen molar-refractivity contribution in [1.82, 2.24) is 10.2 Å². The third-order valence-electron chi connectivity index (χ3n) is 10.3. The van der Waals surface area contributed by atoms with Gasteiger partial charge < -0.3 is 49.6 Å². The van der Waals surface area contributed by atoms with Gasteiger partial charge in [0.15, 0.2) is 6.10 Å². The summed E-state index contributed by atoms with van der Waals surface area (Å²) in [5.41, 5.74) is -1.50. The molecule has 0 aliphatic carbocycles. The monoisotopic (exact) mass is 708 g/mol. The van der Waals surface area contributed by atoms with Crippen LogP contribution in [0.15, 0.2) is 36.0 Å². The summed E-state index contributed by atoms with van der Waals surface area (Å²) in [6, 6.07) is -0.173. The number of methoxy groups -OCH3 is 1. The Hall–Kier alpha value is -2.81. The highest BCUT2D eigenvalue weighted by Gasteiger charge is 2.47. The maximum absolute atomic E-state index is 13.5. The summed E-state index contributed by atoms with van der Waals surface area (Å²) in [6.07, 6.45) is 6.52. The van der Waals surface area contributed by atoms with Gasteiger partial charge in [0.05, 0.1) is 36.4 Å². The number of piperazine rings is 1. The van der Waals surface area contributed by atoms with E-state index in [-0.39, 0.29) is 55.8 Å². The smallest absolute Gasteiger partial charge is 0.410 e. The molecule has 3 aliphatic heterocycles. The summed E-state index contributed by atoms with van der Waals surface area (Å²) >= 11 is 0. The van der Waals surface area contributed by atoms with Crippen LogP contribution in [0.1, 0.15) is 86.5 Å². The maximum atomic E-state index is 13.5. The van der Waals surface area contributed by atoms with Crippen molar-refractivity contribution in [2.24, 2.45) is 11.8 Å². The molecule has 1 amide bonds. The molecule has 11 atom stereocenters. The SMILES string of the molecule is CCC(O)C(C)[C@H]1O[C@@H]1CC(C)(O)/C=C/C=C(\C)[C@H]1OC(=O)C[C@H](O)CC[C@@](C)(OC)[C@@H](OC(=O)N2CCN[C@@H](CCC(=O)O)C2)/C=C/[C@@H]1C. The van der Waals surface area contributed by atoms with E-state index in [9.17, 15) is 29.7 Å². The van der Waals surface area contributed by atoms with E-state index in [1.807, 2.05) is 33.8 Å². The Morgan fingerprint density at radius 1 is 1.30 bits per heavy atom. The van der Waals surface area contributed by atoms with Crippen LogP contribution in [0.5, 0.6) is 0 Å². The number of esters is 1. The van der Waals surface area contributed by atoms with Crippen LogP contribution >= 0.6 is 0 Å². The van der Waals surface area contributed by atoms with Crippen LogP contribution in [0.2, 0.25) is 0 Å². The number of carbonyl (C=O) groups is 3. The number of carbonyl (C=O) groups excluding carboxylic acids is 2. The molecule has 0 aromatic carbocycles. The van der Waals surface area contributed by atoms with E-state index in [2.05, 4.69) is 5.32 Å². The summed E-state index contributed by atoms with van der Waals surface area (Å²) in [5.74, 6) is -1.85. The van der Waals surface area contributed by atoms with Gasteiger partial charge in [-0.25, -0.2) is 4.79 Å². The van der Waals surface area contributed by atoms with E-state index < -0.39 is 53.6 Å². The standard InChI is InChI=1S/C37H60N2O11/c1-8-28(41)25(4)34-29(48-34)21-36(5,46)16-9-10-23(2)33-24(3)11-13-30(37(6,47-7)17-15-27(40)20-32(44)50-33)49-35(45)39-19-18-38-26(22-39)12-14-31(42)43/h9-11,13,16,24-30,33-34,38,40-41,46H,8,12,14-15,17-22H2,1-7H3,(H,42,43)/b13-11+,16-9+,23-10+/t24-,25?,26-,27+,28?,29+,30-,33+,34+,36?,37+/m0/s1. The zero-order valence-corrected chi connectivity index (χ0v) is 30.7. The molecular formula is C37H60N2O11. The van der Waals surface area contributed by atoms with Gasteiger partial charge in [-0.15, -0.1) is 0 Å². The molecule has 5 N–H and O–H groups in total. The number of aliphatic hydroxyl groups excluding tert-OH is 2. The van der Waals surface area contributed by atoms with Gasteiger partial charge in [-0.3, -0.25) is 9.59 Å². The first kappa shape index (κ1) is 41.6. The lowest BCUT2D eigenvalue weighted by Gasteiger charge is -2.38. The summed E-state index contributed by atoms with van der Waals surface area (Å²) in [7, 11) is 1.51. The largest absolute Gasteiger partial charge is 0.481 e. The molecule has 13 nitrogen and oxygen atoms in total. The fourth-order valence-corrected chi connectivity index (χ4v) is 6.67. The minimum atomic E-state index is -1.17. The van der Waals surface area contributed by atoms with Crippen LogP contribution in [-0.4, -0.2) is 124 Å². The van der Waals surface area contributed by atoms with E-state index in [1.165, 1.54) is 7.11 Å². The Kier molecular flexibility index (Phi) is 15.5. The zero-order chi connectivity index (χ0) is 37.2. The van der Waals surface area contributed by atoms with E-state index in [0.29, 0.717) is 44.5 Å². The number of nitrogens with zero attached hydrogens (tertiary/aromatic N) is 1. The Labute approximate surface area is 296 Å². The number of rotatable bonds is 13. The molecule has 284 valence electrons. The molecular weight excluding hydrogens is 648 g/mol. The highest BCUT2D eigenvalue weighted by atomic mass is 16.6. The Bertz CT molecular complexity index is 1240. The number of aliphatic hydroxyl groups is 3. The maximum Gasteiger partial charge on any atom is 0.410 e. The van der Waals surface area contributed by atoms with E-state index >= 15 is 0 Å². The van der Waals surface area contributed by atoms with Crippen molar-refractivity contribution in [1.29, 1.82) is 0 Å². The van der Waals surface area contributed by atoms with Gasteiger partial charge in [-0.2, -0.15) is 0 Å². The minimum absolute atomic E-state index is 0.0112. The number of carboxylic acid groups (broad SMARTS) is 1. The molecule has 0 aromatic rings. The molecule has 0 radical (unpaired) electrons. The average Bonchev–Trinajstić information content (AvgIpc) is 3.83. The fourth-order valence-electron chi connectivity index (χ4n) is 6.67. The molecule has 0 saturated carbocycles. The van der Waals surface area contributed by atoms with Crippen molar-refractivity contribution in [2.45, 2.75) is 140 Å². The number of amides is 1. The second-order valence-corrected chi connectivity index (χ2v) is 14.7. The Balaban J connectivity index is 1.77. The topological polar surface area (TPSA) is 188 Å². The number of epoxide rings is 1. The first-order valence-corrected chi connectivity index (χ1v) is 17.9. The number of ether oxygens (including phenoxy) is 4. The van der Waals surface area contributed by atoms with E-state index in [1.54, 1.807) is 43.1 Å². The van der Waals surface area contributed by atoms with Crippen molar-refractivity contribution in [3.05, 3.63) is 36.0 Å². The van der Waals surface area contributed by atoms with Crippen LogP contribution in [0, 0.1) is 11.8 Å². The molecule has 13 heteroatoms. The highest BCUT2D eigenvalue weighted by Crippen LogP contribution is 2.37. The van der Waals surface area contributed by atoms with Crippen molar-refractivity contribution in [3.8, 4) is 0 Å². The van der Waals surface area contributed by atoms with Gasteiger partial charge >= 0.3 is 18.0 Å². The number of nitrogens with one attached hydrogen (secondary N) is 1. The van der Waals surface area contributed by atoms with Gasteiger partial charge in [-0.05, 0) is 58.1 Å². The summed E-state index contributed by atoms with van der Waals surface area (Å²) < 4.78 is 23.6. The van der Waals surface area contributed by atoms with Crippen molar-refractivity contribution < 1.29 is 53.8 Å². The van der Waals surface area contributed by atoms with E-state index in [0.717, 1.165) is 0 Å². The molecule has 50 heavy (non-hydrogen) atoms. The predicted molar refractivity (Wildman–Crippen MR) is 186 cm³/mol. The first-order valence-electron chi connectivity index (χ1n) is 17.9. The van der Waals surface area contributed by atoms with Crippen LogP contribution in [-0.2, 0) is 28.5 Å². The van der Waals surface area contributed by atoms with Crippen LogP contribution in [0.4, 0.5) is 4.79 Å². The average molecular weight is 709 g/mol. The molecule has 0 bridgehead atoms. The molecule has 2 saturated heterocycles. The lowest BCUT2D eigenvalue weighted by atomic mass is 9.88. The fraction of sp³-hybridized carbons (Fsp3) is 0.757. The second kappa shape index (κ2) is 18.6. The van der Waals surface area contributed by atoms with Gasteiger partial charge in [0, 0.05) is 57.5 Å². The zero-order valence-electron chi connectivity index (χ0n) is 30.7. The summed E-state index contributed by atoms with van der Waals surface area (Å²) in [5, 5.41) is 44.3. The molecule has 0 spiro atoms.